The summed E-state index contributed by atoms with van der Waals surface area (Å²) < 4.78 is -1.63. The summed E-state index contributed by atoms with van der Waals surface area (Å²) in [6.45, 7) is 2.23. The second-order valence-corrected chi connectivity index (χ2v) is 14.7. The molecule has 3 amide bonds. The normalized spacial score (nSPS) is 25.0. The van der Waals surface area contributed by atoms with Gasteiger partial charge in [-0.05, 0) is 52.9 Å². The predicted octanol–water partition coefficient (Wildman–Crippen LogP) is 8.96. The molecule has 3 aliphatic carbocycles. The summed E-state index contributed by atoms with van der Waals surface area (Å²) >= 11 is 8.09. The van der Waals surface area contributed by atoms with Crippen LogP contribution >= 0.6 is 31.9 Å². The summed E-state index contributed by atoms with van der Waals surface area (Å²) in [5, 5.41) is 2.97. The van der Waals surface area contributed by atoms with E-state index in [2.05, 4.69) is 68.4 Å². The topological polar surface area (TPSA) is 66.5 Å². The van der Waals surface area contributed by atoms with E-state index in [1.807, 2.05) is 24.3 Å². The monoisotopic (exact) mass is 704 g/mol. The number of carbonyl (C=O) groups excluding carboxylic acids is 3. The predicted molar refractivity (Wildman–Crippen MR) is 179 cm³/mol. The quantitative estimate of drug-likeness (QED) is 0.116. The maximum Gasteiger partial charge on any atom is 0.239 e. The van der Waals surface area contributed by atoms with Crippen LogP contribution in [0.5, 0.6) is 0 Å². The molecule has 0 aromatic heterocycles. The van der Waals surface area contributed by atoms with E-state index in [0.29, 0.717) is 17.8 Å². The molecule has 0 spiro atoms. The number of alkyl halides is 2. The number of amides is 3. The van der Waals surface area contributed by atoms with Gasteiger partial charge in [0.2, 0.25) is 17.7 Å². The molecule has 1 aliphatic heterocycles. The van der Waals surface area contributed by atoms with Gasteiger partial charge in [-0.3, -0.25) is 14.4 Å². The lowest BCUT2D eigenvalue weighted by atomic mass is 9.54. The van der Waals surface area contributed by atoms with Crippen LogP contribution in [0.1, 0.15) is 93.4 Å². The summed E-state index contributed by atoms with van der Waals surface area (Å²) in [5.74, 6) is -1.67. The van der Waals surface area contributed by atoms with Gasteiger partial charge in [0, 0.05) is 12.1 Å². The molecule has 1 heterocycles. The van der Waals surface area contributed by atoms with Crippen LogP contribution in [0.4, 0.5) is 11.4 Å². The molecule has 1 N–H and O–H groups in total. The van der Waals surface area contributed by atoms with Gasteiger partial charge in [0.25, 0.3) is 0 Å². The number of nitrogens with zero attached hydrogens (tertiary/aromatic N) is 1. The van der Waals surface area contributed by atoms with Crippen LogP contribution in [0.3, 0.4) is 0 Å². The molecule has 3 aromatic rings. The molecule has 7 rings (SSSR count). The third-order valence-electron chi connectivity index (χ3n) is 9.50. The first-order chi connectivity index (χ1) is 20.8. The molecule has 224 valence electrons. The van der Waals surface area contributed by atoms with Crippen LogP contribution < -0.4 is 10.2 Å². The zero-order chi connectivity index (χ0) is 30.2. The minimum absolute atomic E-state index is 0.00962. The highest BCUT2D eigenvalue weighted by molar-refractivity contribution is 9.10. The van der Waals surface area contributed by atoms with Crippen molar-refractivity contribution in [2.45, 2.75) is 79.8 Å². The summed E-state index contributed by atoms with van der Waals surface area (Å²) in [7, 11) is 0. The average Bonchev–Trinajstić information content (AvgIpc) is 3.30. The number of halogens is 2. The molecule has 1 saturated heterocycles. The number of imide groups is 1. The van der Waals surface area contributed by atoms with E-state index in [1.54, 1.807) is 24.3 Å². The maximum atomic E-state index is 14.2. The van der Waals surface area contributed by atoms with E-state index in [4.69, 9.17) is 0 Å². The minimum atomic E-state index is -0.815. The molecular formula is C36H38Br2N2O3. The number of carbonyl (C=O) groups is 3. The third kappa shape index (κ3) is 5.01. The van der Waals surface area contributed by atoms with Gasteiger partial charge < -0.3 is 5.32 Å². The number of nitrogens with one attached hydrogen (secondary N) is 1. The largest absolute Gasteiger partial charge is 0.326 e. The van der Waals surface area contributed by atoms with E-state index in [0.717, 1.165) is 35.1 Å². The van der Waals surface area contributed by atoms with Crippen LogP contribution in [-0.4, -0.2) is 17.7 Å². The Kier molecular flexibility index (Phi) is 8.67. The highest BCUT2D eigenvalue weighted by atomic mass is 79.9. The Morgan fingerprint density at radius 3 is 1.53 bits per heavy atom. The van der Waals surface area contributed by atoms with Crippen molar-refractivity contribution in [2.24, 2.45) is 11.8 Å². The van der Waals surface area contributed by atoms with Crippen LogP contribution in [0, 0.1) is 11.8 Å². The van der Waals surface area contributed by atoms with Crippen LogP contribution in [0.2, 0.25) is 0 Å². The smallest absolute Gasteiger partial charge is 0.239 e. The summed E-state index contributed by atoms with van der Waals surface area (Å²) in [5.41, 5.74) is 5.23. The SMILES string of the molecule is CCCCCCCCCCCC(=O)Nc1ccc(N2C(=O)[C@H]3[C@H](C2=O)C2(Br)c4ccccc4C3(Br)c3ccccc32)cc1. The Morgan fingerprint density at radius 2 is 1.09 bits per heavy atom. The van der Waals surface area contributed by atoms with Crippen LogP contribution in [-0.2, 0) is 23.0 Å². The van der Waals surface area contributed by atoms with Crippen LogP contribution in [0.15, 0.2) is 72.8 Å². The number of benzene rings is 3. The molecule has 1 fully saturated rings. The van der Waals surface area contributed by atoms with Crippen molar-refractivity contribution >= 4 is 61.0 Å². The minimum Gasteiger partial charge on any atom is -0.326 e. The second kappa shape index (κ2) is 12.3. The van der Waals surface area contributed by atoms with Crippen molar-refractivity contribution in [1.29, 1.82) is 0 Å². The number of anilines is 2. The molecule has 43 heavy (non-hydrogen) atoms. The van der Waals surface area contributed by atoms with Gasteiger partial charge in [0.1, 0.15) is 0 Å². The zero-order valence-corrected chi connectivity index (χ0v) is 27.8. The van der Waals surface area contributed by atoms with Gasteiger partial charge in [-0.1, -0.05) is 139 Å². The first-order valence-electron chi connectivity index (χ1n) is 15.7. The third-order valence-corrected chi connectivity index (χ3v) is 12.2. The van der Waals surface area contributed by atoms with Crippen molar-refractivity contribution in [2.75, 3.05) is 10.2 Å². The molecule has 0 unspecified atom stereocenters. The Labute approximate surface area is 271 Å². The van der Waals surface area contributed by atoms with E-state index in [1.165, 1.54) is 49.8 Å². The highest BCUT2D eigenvalue weighted by Crippen LogP contribution is 2.70. The Balaban J connectivity index is 1.14. The number of rotatable bonds is 12. The summed E-state index contributed by atoms with van der Waals surface area (Å²) in [6, 6.07) is 23.2. The molecule has 5 nitrogen and oxygen atoms in total. The summed E-state index contributed by atoms with van der Waals surface area (Å²) in [4.78, 5) is 42.3. The van der Waals surface area contributed by atoms with Crippen molar-refractivity contribution < 1.29 is 14.4 Å². The molecule has 4 aliphatic rings. The Hall–Kier alpha value is -2.77. The van der Waals surface area contributed by atoms with Gasteiger partial charge in [-0.15, -0.1) is 0 Å². The zero-order valence-electron chi connectivity index (χ0n) is 24.6. The first-order valence-corrected chi connectivity index (χ1v) is 17.3. The standard InChI is InChI=1S/C36H38Br2N2O3/c1-2-3-4-5-6-7-8-9-10-19-30(41)39-24-20-22-25(23-21-24)40-33(42)31-32(34(40)43)36(38)27-16-12-11-15-26(27)35(31,37)28-17-13-14-18-29(28)36/h11-18,20-23,31-32H,2-10,19H2,1H3,(H,39,41)/t31-,32-,35?,36?/m1/s1. The molecule has 0 saturated carbocycles. The van der Waals surface area contributed by atoms with Gasteiger partial charge in [0.15, 0.2) is 0 Å². The van der Waals surface area contributed by atoms with Gasteiger partial charge in [-0.2, -0.15) is 0 Å². The lowest BCUT2D eigenvalue weighted by molar-refractivity contribution is -0.122. The molecule has 3 aromatic carbocycles. The fraction of sp³-hybridized carbons (Fsp3) is 0.417. The second-order valence-electron chi connectivity index (χ2n) is 12.2. The van der Waals surface area contributed by atoms with E-state index in [9.17, 15) is 14.4 Å². The summed E-state index contributed by atoms with van der Waals surface area (Å²) in [6.07, 6.45) is 11.4. The molecule has 0 radical (unpaired) electrons. The fourth-order valence-electron chi connectivity index (χ4n) is 7.44. The lowest BCUT2D eigenvalue weighted by Crippen LogP contribution is -2.56. The Morgan fingerprint density at radius 1 is 0.674 bits per heavy atom. The van der Waals surface area contributed by atoms with Crippen molar-refractivity contribution in [3.63, 3.8) is 0 Å². The Bertz CT molecular complexity index is 1410. The molecule has 2 atom stereocenters. The number of hydrogen-bond acceptors (Lipinski definition) is 3. The van der Waals surface area contributed by atoms with Crippen molar-refractivity contribution in [3.8, 4) is 0 Å². The molecule has 2 bridgehead atoms. The number of unbranched alkanes of at least 4 members (excludes halogenated alkanes) is 8. The van der Waals surface area contributed by atoms with Crippen molar-refractivity contribution in [1.82, 2.24) is 0 Å². The van der Waals surface area contributed by atoms with Crippen molar-refractivity contribution in [3.05, 3.63) is 95.1 Å². The molecule has 7 heteroatoms. The molecular weight excluding hydrogens is 668 g/mol. The van der Waals surface area contributed by atoms with Gasteiger partial charge in [-0.25, -0.2) is 4.90 Å². The highest BCUT2D eigenvalue weighted by Gasteiger charge is 2.72. The fourth-order valence-corrected chi connectivity index (χ4v) is 9.74. The maximum absolute atomic E-state index is 14.2. The van der Waals surface area contributed by atoms with E-state index >= 15 is 0 Å². The average molecular weight is 707 g/mol. The lowest BCUT2D eigenvalue weighted by Gasteiger charge is -2.55. The number of hydrogen-bond donors (Lipinski definition) is 1. The van der Waals surface area contributed by atoms with Gasteiger partial charge in [0.05, 0.1) is 26.2 Å². The van der Waals surface area contributed by atoms with Crippen LogP contribution in [0.25, 0.3) is 0 Å². The first kappa shape index (κ1) is 30.3. The van der Waals surface area contributed by atoms with E-state index < -0.39 is 20.5 Å². The van der Waals surface area contributed by atoms with E-state index in [-0.39, 0.29) is 17.7 Å². The van der Waals surface area contributed by atoms with Gasteiger partial charge >= 0.3 is 0 Å².